The molecule has 9 nitrogen and oxygen atoms in total. The van der Waals surface area contributed by atoms with Crippen molar-refractivity contribution >= 4 is 23.6 Å². The third-order valence-electron chi connectivity index (χ3n) is 5.38. The summed E-state index contributed by atoms with van der Waals surface area (Å²) in [6.45, 7) is 3.35. The van der Waals surface area contributed by atoms with Crippen LogP contribution in [0.15, 0.2) is 22.8 Å². The Morgan fingerprint density at radius 1 is 1.09 bits per heavy atom. The van der Waals surface area contributed by atoms with Crippen LogP contribution in [-0.4, -0.2) is 78.3 Å². The Labute approximate surface area is 188 Å². The van der Waals surface area contributed by atoms with Crippen molar-refractivity contribution in [3.8, 4) is 0 Å². The Hall–Kier alpha value is -3.31. The Bertz CT molecular complexity index is 973. The van der Waals surface area contributed by atoms with E-state index in [1.807, 2.05) is 19.0 Å². The molecule has 2 aromatic rings. The number of carboxylic acids is 1. The van der Waals surface area contributed by atoms with Crippen LogP contribution in [0.25, 0.3) is 0 Å². The lowest BCUT2D eigenvalue weighted by Gasteiger charge is -2.22. The molecule has 1 N–H and O–H groups in total. The van der Waals surface area contributed by atoms with E-state index in [0.29, 0.717) is 18.8 Å². The highest BCUT2D eigenvalue weighted by Crippen LogP contribution is 2.28. The summed E-state index contributed by atoms with van der Waals surface area (Å²) < 4.78 is 37.0. The number of amides is 1. The number of furan rings is 1. The minimum absolute atomic E-state index is 0.0538. The number of alkyl halides is 3. The minimum Gasteiger partial charge on any atom is -0.475 e. The van der Waals surface area contributed by atoms with Crippen molar-refractivity contribution in [3.05, 3.63) is 35.4 Å². The van der Waals surface area contributed by atoms with Gasteiger partial charge in [-0.05, 0) is 31.4 Å². The molecule has 0 saturated carbocycles. The van der Waals surface area contributed by atoms with Gasteiger partial charge >= 0.3 is 12.1 Å². The van der Waals surface area contributed by atoms with Crippen molar-refractivity contribution in [1.82, 2.24) is 14.9 Å². The van der Waals surface area contributed by atoms with E-state index >= 15 is 0 Å². The first kappa shape index (κ1) is 24.3. The number of aromatic nitrogens is 2. The number of hydrogen-bond acceptors (Lipinski definition) is 7. The topological polar surface area (TPSA) is 103 Å². The quantitative estimate of drug-likeness (QED) is 0.732. The molecule has 2 aliphatic rings. The summed E-state index contributed by atoms with van der Waals surface area (Å²) in [5, 5.41) is 7.12. The molecule has 12 heteroatoms. The van der Waals surface area contributed by atoms with Gasteiger partial charge in [0.1, 0.15) is 5.82 Å². The van der Waals surface area contributed by atoms with Gasteiger partial charge in [0.2, 0.25) is 5.95 Å². The summed E-state index contributed by atoms with van der Waals surface area (Å²) >= 11 is 0. The smallest absolute Gasteiger partial charge is 0.475 e. The molecule has 1 saturated heterocycles. The first-order chi connectivity index (χ1) is 15.6. The SMILES string of the molecule is CN(C)c1nc(N2CCCC2)nc2c1CCN(C(=O)c1ccco1)CC2.O=C(O)C(F)(F)F. The minimum atomic E-state index is -5.08. The number of carbonyl (C=O) groups is 2. The van der Waals surface area contributed by atoms with E-state index in [1.165, 1.54) is 19.1 Å². The summed E-state index contributed by atoms with van der Waals surface area (Å²) in [5.74, 6) is -0.609. The molecule has 0 spiro atoms. The summed E-state index contributed by atoms with van der Waals surface area (Å²) in [6.07, 6.45) is 0.353. The molecule has 1 fully saturated rings. The fourth-order valence-electron chi connectivity index (χ4n) is 3.75. The number of rotatable bonds is 3. The number of carboxylic acid groups (broad SMARTS) is 1. The lowest BCUT2D eigenvalue weighted by atomic mass is 10.1. The van der Waals surface area contributed by atoms with Crippen LogP contribution in [-0.2, 0) is 17.6 Å². The zero-order valence-electron chi connectivity index (χ0n) is 18.4. The number of hydrogen-bond donors (Lipinski definition) is 1. The second kappa shape index (κ2) is 10.1. The fraction of sp³-hybridized carbons (Fsp3) is 0.524. The first-order valence-corrected chi connectivity index (χ1v) is 10.5. The van der Waals surface area contributed by atoms with Gasteiger partial charge < -0.3 is 24.2 Å². The van der Waals surface area contributed by atoms with Crippen molar-refractivity contribution < 1.29 is 32.3 Å². The number of anilines is 2. The molecule has 0 atom stereocenters. The maximum Gasteiger partial charge on any atom is 0.490 e. The normalized spacial score (nSPS) is 15.9. The number of aliphatic carboxylic acids is 1. The molecular weight excluding hydrogens is 443 g/mol. The van der Waals surface area contributed by atoms with E-state index in [4.69, 9.17) is 24.3 Å². The molecule has 0 aliphatic carbocycles. The van der Waals surface area contributed by atoms with Gasteiger partial charge in [-0.25, -0.2) is 9.78 Å². The van der Waals surface area contributed by atoms with Gasteiger partial charge in [-0.3, -0.25) is 4.79 Å². The number of halogens is 3. The Kier molecular flexibility index (Phi) is 7.44. The summed E-state index contributed by atoms with van der Waals surface area (Å²) in [5.41, 5.74) is 2.23. The van der Waals surface area contributed by atoms with Gasteiger partial charge in [-0.1, -0.05) is 0 Å². The van der Waals surface area contributed by atoms with Crippen LogP contribution in [0.1, 0.15) is 34.7 Å². The van der Waals surface area contributed by atoms with Gasteiger partial charge in [0.05, 0.1) is 12.0 Å². The molecule has 2 aromatic heterocycles. The van der Waals surface area contributed by atoms with E-state index in [1.54, 1.807) is 12.1 Å². The van der Waals surface area contributed by atoms with Crippen molar-refractivity contribution in [2.45, 2.75) is 31.9 Å². The molecular formula is C21H26F3N5O4. The van der Waals surface area contributed by atoms with E-state index < -0.39 is 12.1 Å². The highest BCUT2D eigenvalue weighted by molar-refractivity contribution is 5.91. The molecule has 180 valence electrons. The fourth-order valence-corrected chi connectivity index (χ4v) is 3.75. The zero-order chi connectivity index (χ0) is 24.2. The van der Waals surface area contributed by atoms with Crippen molar-refractivity contribution in [1.29, 1.82) is 0 Å². The molecule has 0 unspecified atom stereocenters. The summed E-state index contributed by atoms with van der Waals surface area (Å²) in [4.78, 5) is 37.4. The predicted molar refractivity (Wildman–Crippen MR) is 114 cm³/mol. The molecule has 0 aromatic carbocycles. The second-order valence-corrected chi connectivity index (χ2v) is 7.93. The molecule has 2 aliphatic heterocycles. The Morgan fingerprint density at radius 3 is 2.27 bits per heavy atom. The molecule has 4 heterocycles. The molecule has 1 amide bonds. The lowest BCUT2D eigenvalue weighted by molar-refractivity contribution is -0.192. The first-order valence-electron chi connectivity index (χ1n) is 10.5. The largest absolute Gasteiger partial charge is 0.490 e. The molecule has 0 bridgehead atoms. The number of nitrogens with zero attached hydrogens (tertiary/aromatic N) is 5. The second-order valence-electron chi connectivity index (χ2n) is 7.93. The van der Waals surface area contributed by atoms with Crippen LogP contribution < -0.4 is 9.80 Å². The maximum atomic E-state index is 12.6. The van der Waals surface area contributed by atoms with Crippen LogP contribution in [0.2, 0.25) is 0 Å². The third kappa shape index (κ3) is 5.93. The van der Waals surface area contributed by atoms with Crippen LogP contribution in [0.5, 0.6) is 0 Å². The maximum absolute atomic E-state index is 12.6. The highest BCUT2D eigenvalue weighted by Gasteiger charge is 2.38. The van der Waals surface area contributed by atoms with Crippen LogP contribution in [0, 0.1) is 0 Å². The Balaban J connectivity index is 0.000000383. The Morgan fingerprint density at radius 2 is 1.73 bits per heavy atom. The number of fused-ring (bicyclic) bond motifs is 1. The van der Waals surface area contributed by atoms with Crippen molar-refractivity contribution in [2.24, 2.45) is 0 Å². The average molecular weight is 469 g/mol. The van der Waals surface area contributed by atoms with E-state index in [0.717, 1.165) is 49.0 Å². The average Bonchev–Trinajstić information content (AvgIpc) is 3.44. The van der Waals surface area contributed by atoms with Gasteiger partial charge in [0.15, 0.2) is 5.76 Å². The van der Waals surface area contributed by atoms with Gasteiger partial charge in [0.25, 0.3) is 5.91 Å². The zero-order valence-corrected chi connectivity index (χ0v) is 18.4. The monoisotopic (exact) mass is 469 g/mol. The molecule has 0 radical (unpaired) electrons. The summed E-state index contributed by atoms with van der Waals surface area (Å²) in [6, 6.07) is 3.47. The summed E-state index contributed by atoms with van der Waals surface area (Å²) in [7, 11) is 4.04. The number of carbonyl (C=O) groups excluding carboxylic acids is 1. The molecule has 33 heavy (non-hydrogen) atoms. The van der Waals surface area contributed by atoms with E-state index in [9.17, 15) is 18.0 Å². The van der Waals surface area contributed by atoms with Gasteiger partial charge in [0, 0.05) is 52.3 Å². The standard InChI is InChI=1S/C19H25N5O2.C2HF3O2/c1-22(2)17-14-7-11-23(18(25)16-6-5-13-26-16)12-8-15(14)20-19(21-17)24-9-3-4-10-24;3-2(4,5)1(6)7/h5-6,13H,3-4,7-12H2,1-2H3;(H,6,7). The third-order valence-corrected chi connectivity index (χ3v) is 5.38. The highest BCUT2D eigenvalue weighted by atomic mass is 19.4. The van der Waals surface area contributed by atoms with Crippen LogP contribution in [0.3, 0.4) is 0 Å². The van der Waals surface area contributed by atoms with Gasteiger partial charge in [-0.2, -0.15) is 18.2 Å². The van der Waals surface area contributed by atoms with Crippen molar-refractivity contribution in [3.63, 3.8) is 0 Å². The van der Waals surface area contributed by atoms with Crippen LogP contribution in [0.4, 0.5) is 24.9 Å². The van der Waals surface area contributed by atoms with Crippen LogP contribution >= 0.6 is 0 Å². The van der Waals surface area contributed by atoms with E-state index in [2.05, 4.69) is 9.80 Å². The van der Waals surface area contributed by atoms with Crippen molar-refractivity contribution in [2.75, 3.05) is 50.1 Å². The van der Waals surface area contributed by atoms with E-state index in [-0.39, 0.29) is 5.91 Å². The van der Waals surface area contributed by atoms with Gasteiger partial charge in [-0.15, -0.1) is 0 Å². The molecule has 4 rings (SSSR count). The lowest BCUT2D eigenvalue weighted by Crippen LogP contribution is -2.33. The predicted octanol–water partition coefficient (Wildman–Crippen LogP) is 2.61.